The Morgan fingerprint density at radius 1 is 1.35 bits per heavy atom. The summed E-state index contributed by atoms with van der Waals surface area (Å²) in [5.74, 6) is 6.70. The highest BCUT2D eigenvalue weighted by Crippen LogP contribution is 2.24. The van der Waals surface area contributed by atoms with Crippen molar-refractivity contribution in [3.05, 3.63) is 0 Å². The van der Waals surface area contributed by atoms with Crippen molar-refractivity contribution in [3.8, 4) is 0 Å². The summed E-state index contributed by atoms with van der Waals surface area (Å²) in [6.07, 6.45) is 3.83. The van der Waals surface area contributed by atoms with Crippen LogP contribution in [0.15, 0.2) is 0 Å². The van der Waals surface area contributed by atoms with Gasteiger partial charge in [0.25, 0.3) is 0 Å². The zero-order valence-electron chi connectivity index (χ0n) is 11.4. The number of hydrazine groups is 1. The monoisotopic (exact) mass is 241 g/mol. The van der Waals surface area contributed by atoms with E-state index in [0.717, 1.165) is 31.5 Å². The van der Waals surface area contributed by atoms with Crippen molar-refractivity contribution < 1.29 is 4.79 Å². The molecule has 1 fully saturated rings. The van der Waals surface area contributed by atoms with Gasteiger partial charge in [-0.3, -0.25) is 10.2 Å². The van der Waals surface area contributed by atoms with Crippen LogP contribution < -0.4 is 11.3 Å². The molecule has 0 aromatic carbocycles. The molecular weight excluding hydrogens is 214 g/mol. The highest BCUT2D eigenvalue weighted by atomic mass is 16.2. The molecule has 0 aliphatic carbocycles. The predicted molar refractivity (Wildman–Crippen MR) is 70.1 cm³/mol. The number of hydrogen-bond acceptors (Lipinski definition) is 3. The van der Waals surface area contributed by atoms with E-state index in [9.17, 15) is 4.79 Å². The first kappa shape index (κ1) is 14.5. The van der Waals surface area contributed by atoms with Crippen molar-refractivity contribution >= 4 is 5.91 Å². The molecule has 2 atom stereocenters. The molecule has 0 spiro atoms. The van der Waals surface area contributed by atoms with Gasteiger partial charge in [0.05, 0.1) is 0 Å². The zero-order valence-corrected chi connectivity index (χ0v) is 11.4. The Kier molecular flexibility index (Phi) is 5.92. The van der Waals surface area contributed by atoms with Crippen LogP contribution in [0.4, 0.5) is 0 Å². The molecule has 100 valence electrons. The molecule has 2 unspecified atom stereocenters. The van der Waals surface area contributed by atoms with Crippen LogP contribution in [0, 0.1) is 17.8 Å². The molecule has 4 heteroatoms. The van der Waals surface area contributed by atoms with Gasteiger partial charge in [-0.1, -0.05) is 20.8 Å². The first-order chi connectivity index (χ1) is 8.04. The van der Waals surface area contributed by atoms with Crippen molar-refractivity contribution in [2.45, 2.75) is 40.0 Å². The lowest BCUT2D eigenvalue weighted by molar-refractivity contribution is -0.125. The number of nitrogens with zero attached hydrogens (tertiary/aromatic N) is 1. The van der Waals surface area contributed by atoms with Gasteiger partial charge >= 0.3 is 0 Å². The molecule has 1 rings (SSSR count). The van der Waals surface area contributed by atoms with Crippen LogP contribution in [0.25, 0.3) is 0 Å². The van der Waals surface area contributed by atoms with Crippen LogP contribution in [0.2, 0.25) is 0 Å². The van der Waals surface area contributed by atoms with Crippen molar-refractivity contribution in [2.24, 2.45) is 23.6 Å². The molecule has 0 saturated carbocycles. The van der Waals surface area contributed by atoms with E-state index in [4.69, 9.17) is 5.84 Å². The summed E-state index contributed by atoms with van der Waals surface area (Å²) < 4.78 is 0. The smallest absolute Gasteiger partial charge is 0.237 e. The normalized spacial score (nSPS) is 24.4. The summed E-state index contributed by atoms with van der Waals surface area (Å²) in [4.78, 5) is 13.8. The van der Waals surface area contributed by atoms with E-state index >= 15 is 0 Å². The maximum absolute atomic E-state index is 11.4. The zero-order chi connectivity index (χ0) is 12.8. The molecule has 1 amide bonds. The number of rotatable bonds is 4. The Hall–Kier alpha value is -0.610. The number of likely N-dealkylation sites (tertiary alicyclic amines) is 1. The van der Waals surface area contributed by atoms with Gasteiger partial charge in [-0.15, -0.1) is 0 Å². The van der Waals surface area contributed by atoms with Crippen molar-refractivity contribution in [1.29, 1.82) is 0 Å². The third-order valence-electron chi connectivity index (χ3n) is 3.93. The highest BCUT2D eigenvalue weighted by Gasteiger charge is 2.22. The van der Waals surface area contributed by atoms with Gasteiger partial charge in [0.1, 0.15) is 0 Å². The summed E-state index contributed by atoms with van der Waals surface area (Å²) in [5.41, 5.74) is 2.23. The number of amides is 1. The van der Waals surface area contributed by atoms with Gasteiger partial charge in [-0.25, -0.2) is 5.84 Å². The minimum atomic E-state index is -0.0605. The maximum Gasteiger partial charge on any atom is 0.237 e. The molecule has 1 aliphatic rings. The summed E-state index contributed by atoms with van der Waals surface area (Å²) in [6.45, 7) is 9.62. The first-order valence-electron chi connectivity index (χ1n) is 6.77. The topological polar surface area (TPSA) is 58.4 Å². The second kappa shape index (κ2) is 6.97. The van der Waals surface area contributed by atoms with Crippen LogP contribution in [-0.4, -0.2) is 30.4 Å². The fraction of sp³-hybridized carbons (Fsp3) is 0.923. The lowest BCUT2D eigenvalue weighted by Gasteiger charge is -2.23. The number of carbonyl (C=O) groups is 1. The molecule has 17 heavy (non-hydrogen) atoms. The van der Waals surface area contributed by atoms with Crippen LogP contribution >= 0.6 is 0 Å². The third-order valence-corrected chi connectivity index (χ3v) is 3.93. The van der Waals surface area contributed by atoms with E-state index in [1.165, 1.54) is 19.3 Å². The fourth-order valence-electron chi connectivity index (χ4n) is 2.64. The highest BCUT2D eigenvalue weighted by molar-refractivity contribution is 5.77. The SMILES string of the molecule is CC(CN1CCCC(C(C)C)CC1)C(=O)NN. The number of carbonyl (C=O) groups excluding carboxylic acids is 1. The molecule has 0 radical (unpaired) electrons. The van der Waals surface area contributed by atoms with Crippen LogP contribution in [0.3, 0.4) is 0 Å². The lowest BCUT2D eigenvalue weighted by atomic mass is 9.89. The summed E-state index contributed by atoms with van der Waals surface area (Å²) in [6, 6.07) is 0. The van der Waals surface area contributed by atoms with Crippen molar-refractivity contribution in [3.63, 3.8) is 0 Å². The van der Waals surface area contributed by atoms with E-state index in [1.54, 1.807) is 0 Å². The Balaban J connectivity index is 2.38. The minimum Gasteiger partial charge on any atom is -0.303 e. The Labute approximate surface area is 105 Å². The average Bonchev–Trinajstić information content (AvgIpc) is 2.53. The molecule has 0 aromatic heterocycles. The Bertz CT molecular complexity index is 243. The van der Waals surface area contributed by atoms with Gasteiger partial charge in [0, 0.05) is 12.5 Å². The van der Waals surface area contributed by atoms with Crippen LogP contribution in [-0.2, 0) is 4.79 Å². The van der Waals surface area contributed by atoms with Gasteiger partial charge in [0.15, 0.2) is 0 Å². The minimum absolute atomic E-state index is 0.0180. The van der Waals surface area contributed by atoms with E-state index in [0.29, 0.717) is 0 Å². The van der Waals surface area contributed by atoms with Gasteiger partial charge in [-0.05, 0) is 44.2 Å². The summed E-state index contributed by atoms with van der Waals surface area (Å²) in [7, 11) is 0. The second-order valence-corrected chi connectivity index (χ2v) is 5.65. The summed E-state index contributed by atoms with van der Waals surface area (Å²) in [5, 5.41) is 0. The van der Waals surface area contributed by atoms with Crippen LogP contribution in [0.1, 0.15) is 40.0 Å². The Morgan fingerprint density at radius 2 is 2.06 bits per heavy atom. The number of nitrogens with two attached hydrogens (primary N) is 1. The lowest BCUT2D eigenvalue weighted by Crippen LogP contribution is -2.40. The first-order valence-corrected chi connectivity index (χ1v) is 6.77. The van der Waals surface area contributed by atoms with Crippen molar-refractivity contribution in [1.82, 2.24) is 10.3 Å². The van der Waals surface area contributed by atoms with E-state index < -0.39 is 0 Å². The predicted octanol–water partition coefficient (Wildman–Crippen LogP) is 1.37. The van der Waals surface area contributed by atoms with Gasteiger partial charge in [0.2, 0.25) is 5.91 Å². The Morgan fingerprint density at radius 3 is 2.65 bits per heavy atom. The molecule has 1 heterocycles. The largest absolute Gasteiger partial charge is 0.303 e. The average molecular weight is 241 g/mol. The molecule has 1 aliphatic heterocycles. The standard InChI is InChI=1S/C13H27N3O/c1-10(2)12-5-4-7-16(8-6-12)9-11(3)13(17)15-14/h10-12H,4-9,14H2,1-3H3,(H,15,17). The van der Waals surface area contributed by atoms with Crippen molar-refractivity contribution in [2.75, 3.05) is 19.6 Å². The second-order valence-electron chi connectivity index (χ2n) is 5.65. The molecule has 0 aromatic rings. The molecule has 3 N–H and O–H groups in total. The van der Waals surface area contributed by atoms with E-state index in [-0.39, 0.29) is 11.8 Å². The van der Waals surface area contributed by atoms with Gasteiger partial charge in [-0.2, -0.15) is 0 Å². The maximum atomic E-state index is 11.4. The molecule has 0 bridgehead atoms. The number of hydrogen-bond donors (Lipinski definition) is 2. The van der Waals surface area contributed by atoms with E-state index in [1.807, 2.05) is 6.92 Å². The van der Waals surface area contributed by atoms with Crippen LogP contribution in [0.5, 0.6) is 0 Å². The molecule has 1 saturated heterocycles. The number of nitrogens with one attached hydrogen (secondary N) is 1. The fourth-order valence-corrected chi connectivity index (χ4v) is 2.64. The quantitative estimate of drug-likeness (QED) is 0.444. The van der Waals surface area contributed by atoms with E-state index in [2.05, 4.69) is 24.2 Å². The molecule has 4 nitrogen and oxygen atoms in total. The molecular formula is C13H27N3O. The summed E-state index contributed by atoms with van der Waals surface area (Å²) >= 11 is 0. The van der Waals surface area contributed by atoms with Gasteiger partial charge < -0.3 is 4.90 Å². The third kappa shape index (κ3) is 4.64.